The molecule has 0 bridgehead atoms. The fraction of sp³-hybridized carbons (Fsp3) is 0.154. The zero-order valence-corrected chi connectivity index (χ0v) is 21.6. The van der Waals surface area contributed by atoms with E-state index in [0.717, 1.165) is 25.6 Å². The molecule has 0 atom stereocenters. The zero-order chi connectivity index (χ0) is 24.0. The first-order valence-corrected chi connectivity index (χ1v) is 11.6. The average Bonchev–Trinajstić information content (AvgIpc) is 2.76. The van der Waals surface area contributed by atoms with E-state index in [-0.39, 0.29) is 5.57 Å². The molecule has 1 amide bonds. The van der Waals surface area contributed by atoms with Crippen LogP contribution in [0.2, 0.25) is 0 Å². The monoisotopic (exact) mass is 568 g/mol. The van der Waals surface area contributed by atoms with Gasteiger partial charge in [0.2, 0.25) is 0 Å². The van der Waals surface area contributed by atoms with Crippen LogP contribution in [0.5, 0.6) is 11.5 Å². The number of rotatable bonds is 7. The van der Waals surface area contributed by atoms with Gasteiger partial charge in [0.15, 0.2) is 11.5 Å². The number of benzene rings is 3. The van der Waals surface area contributed by atoms with Crippen LogP contribution >= 0.6 is 31.9 Å². The summed E-state index contributed by atoms with van der Waals surface area (Å²) in [6.45, 7) is 4.26. The van der Waals surface area contributed by atoms with Crippen LogP contribution in [0.25, 0.3) is 6.08 Å². The normalized spacial score (nSPS) is 11.0. The maximum absolute atomic E-state index is 12.6. The molecule has 0 saturated carbocycles. The van der Waals surface area contributed by atoms with Crippen molar-refractivity contribution in [3.63, 3.8) is 0 Å². The lowest BCUT2D eigenvalue weighted by molar-refractivity contribution is -0.112. The Bertz CT molecular complexity index is 1240. The van der Waals surface area contributed by atoms with Gasteiger partial charge in [-0.25, -0.2) is 0 Å². The maximum atomic E-state index is 12.6. The van der Waals surface area contributed by atoms with Gasteiger partial charge in [-0.2, -0.15) is 5.26 Å². The van der Waals surface area contributed by atoms with Crippen molar-refractivity contribution in [1.82, 2.24) is 0 Å². The second kappa shape index (κ2) is 11.2. The molecule has 0 aromatic heterocycles. The van der Waals surface area contributed by atoms with Crippen LogP contribution in [-0.4, -0.2) is 13.0 Å². The highest BCUT2D eigenvalue weighted by Gasteiger charge is 2.12. The topological polar surface area (TPSA) is 71.3 Å². The number of ether oxygens (including phenoxy) is 2. The molecule has 1 N–H and O–H groups in total. The molecule has 0 unspecified atom stereocenters. The quantitative estimate of drug-likeness (QED) is 0.246. The molecule has 3 rings (SSSR count). The highest BCUT2D eigenvalue weighted by atomic mass is 79.9. The minimum absolute atomic E-state index is 0.0105. The summed E-state index contributed by atoms with van der Waals surface area (Å²) < 4.78 is 13.3. The van der Waals surface area contributed by atoms with Gasteiger partial charge in [-0.05, 0) is 73.0 Å². The third-order valence-electron chi connectivity index (χ3n) is 4.74. The second-order valence-corrected chi connectivity index (χ2v) is 9.21. The van der Waals surface area contributed by atoms with E-state index in [1.807, 2.05) is 56.3 Å². The highest BCUT2D eigenvalue weighted by molar-refractivity contribution is 9.11. The number of nitrogens with zero attached hydrogens (tertiary/aromatic N) is 1. The van der Waals surface area contributed by atoms with Gasteiger partial charge in [0, 0.05) is 20.2 Å². The fourth-order valence-corrected chi connectivity index (χ4v) is 4.41. The van der Waals surface area contributed by atoms with Crippen LogP contribution in [0.15, 0.2) is 69.1 Å². The number of carbonyl (C=O) groups is 1. The molecule has 33 heavy (non-hydrogen) atoms. The minimum Gasteiger partial charge on any atom is -0.493 e. The number of halogens is 2. The van der Waals surface area contributed by atoms with Gasteiger partial charge >= 0.3 is 0 Å². The first-order chi connectivity index (χ1) is 15.8. The number of nitrogens with one attached hydrogen (secondary N) is 1. The van der Waals surface area contributed by atoms with E-state index in [9.17, 15) is 10.1 Å². The Labute approximate surface area is 210 Å². The van der Waals surface area contributed by atoms with Gasteiger partial charge in [-0.1, -0.05) is 50.1 Å². The van der Waals surface area contributed by atoms with E-state index in [2.05, 4.69) is 37.2 Å². The molecular formula is C26H22Br2N2O3. The third kappa shape index (κ3) is 6.70. The molecule has 5 nitrogen and oxygen atoms in total. The van der Waals surface area contributed by atoms with Crippen molar-refractivity contribution in [2.45, 2.75) is 20.5 Å². The SMILES string of the molecule is COc1cc(/C=C(/C#N)C(=O)Nc2cc(C)cc(C)c2)ccc1OCc1ccc(Br)cc1Br. The van der Waals surface area contributed by atoms with Gasteiger partial charge in [-0.15, -0.1) is 0 Å². The minimum atomic E-state index is -0.470. The number of hydrogen-bond donors (Lipinski definition) is 1. The van der Waals surface area contributed by atoms with Crippen LogP contribution in [0.4, 0.5) is 5.69 Å². The molecule has 3 aromatic rings. The van der Waals surface area contributed by atoms with E-state index in [4.69, 9.17) is 9.47 Å². The van der Waals surface area contributed by atoms with Gasteiger partial charge in [0.05, 0.1) is 7.11 Å². The molecule has 0 fully saturated rings. The first-order valence-electron chi connectivity index (χ1n) is 10.0. The molecule has 0 heterocycles. The summed E-state index contributed by atoms with van der Waals surface area (Å²) >= 11 is 6.97. The number of amides is 1. The summed E-state index contributed by atoms with van der Waals surface area (Å²) in [7, 11) is 1.54. The van der Waals surface area contributed by atoms with E-state index in [1.54, 1.807) is 25.3 Å². The van der Waals surface area contributed by atoms with Crippen LogP contribution in [-0.2, 0) is 11.4 Å². The Hall–Kier alpha value is -3.08. The van der Waals surface area contributed by atoms with Crippen molar-refractivity contribution in [1.29, 1.82) is 5.26 Å². The molecule has 0 radical (unpaired) electrons. The summed E-state index contributed by atoms with van der Waals surface area (Å²) in [4.78, 5) is 12.6. The first kappa shape index (κ1) is 24.6. The van der Waals surface area contributed by atoms with E-state index in [1.165, 1.54) is 6.08 Å². The van der Waals surface area contributed by atoms with E-state index >= 15 is 0 Å². The van der Waals surface area contributed by atoms with Gasteiger partial charge in [0.1, 0.15) is 18.2 Å². The Balaban J connectivity index is 1.77. The lowest BCUT2D eigenvalue weighted by Gasteiger charge is -2.13. The second-order valence-electron chi connectivity index (χ2n) is 7.44. The number of carbonyl (C=O) groups excluding carboxylic acids is 1. The van der Waals surface area contributed by atoms with Crippen molar-refractivity contribution in [3.8, 4) is 17.6 Å². The summed E-state index contributed by atoms with van der Waals surface area (Å²) in [6, 6.07) is 18.8. The molecule has 0 aliphatic heterocycles. The predicted molar refractivity (Wildman–Crippen MR) is 137 cm³/mol. The molecule has 3 aromatic carbocycles. The maximum Gasteiger partial charge on any atom is 0.266 e. The van der Waals surface area contributed by atoms with Crippen molar-refractivity contribution in [3.05, 3.63) is 91.4 Å². The van der Waals surface area contributed by atoms with Crippen molar-refractivity contribution >= 4 is 49.5 Å². The van der Waals surface area contributed by atoms with Crippen LogP contribution < -0.4 is 14.8 Å². The van der Waals surface area contributed by atoms with Gasteiger partial charge < -0.3 is 14.8 Å². The van der Waals surface area contributed by atoms with Gasteiger partial charge in [-0.3, -0.25) is 4.79 Å². The van der Waals surface area contributed by atoms with Crippen LogP contribution in [0, 0.1) is 25.2 Å². The Morgan fingerprint density at radius 1 is 1.03 bits per heavy atom. The standard InChI is InChI=1S/C26H22Br2N2O3/c1-16-8-17(2)10-22(9-16)30-26(31)20(14-29)11-18-4-7-24(25(12-18)32-3)33-15-19-5-6-21(27)13-23(19)28/h4-13H,15H2,1-3H3,(H,30,31)/b20-11-. The molecule has 0 aliphatic rings. The lowest BCUT2D eigenvalue weighted by atomic mass is 10.1. The van der Waals surface area contributed by atoms with Crippen LogP contribution in [0.1, 0.15) is 22.3 Å². The smallest absolute Gasteiger partial charge is 0.266 e. The van der Waals surface area contributed by atoms with Gasteiger partial charge in [0.25, 0.3) is 5.91 Å². The Morgan fingerprint density at radius 2 is 1.76 bits per heavy atom. The van der Waals surface area contributed by atoms with E-state index < -0.39 is 5.91 Å². The number of nitriles is 1. The zero-order valence-electron chi connectivity index (χ0n) is 18.4. The summed E-state index contributed by atoms with van der Waals surface area (Å²) in [5.41, 5.74) is 4.34. The summed E-state index contributed by atoms with van der Waals surface area (Å²) in [6.07, 6.45) is 1.52. The van der Waals surface area contributed by atoms with Crippen molar-refractivity contribution < 1.29 is 14.3 Å². The molecule has 0 saturated heterocycles. The summed E-state index contributed by atoms with van der Waals surface area (Å²) in [5, 5.41) is 12.3. The Kier molecular flexibility index (Phi) is 8.32. The number of methoxy groups -OCH3 is 1. The summed E-state index contributed by atoms with van der Waals surface area (Å²) in [5.74, 6) is 0.591. The van der Waals surface area contributed by atoms with Crippen LogP contribution in [0.3, 0.4) is 0 Å². The fourth-order valence-electron chi connectivity index (χ4n) is 3.25. The molecule has 0 spiro atoms. The van der Waals surface area contributed by atoms with Crippen molar-refractivity contribution in [2.24, 2.45) is 0 Å². The van der Waals surface area contributed by atoms with E-state index in [0.29, 0.717) is 29.4 Å². The Morgan fingerprint density at radius 3 is 2.39 bits per heavy atom. The average molecular weight is 570 g/mol. The molecule has 168 valence electrons. The van der Waals surface area contributed by atoms with Crippen molar-refractivity contribution in [2.75, 3.05) is 12.4 Å². The lowest BCUT2D eigenvalue weighted by Crippen LogP contribution is -2.13. The molecule has 0 aliphatic carbocycles. The number of hydrogen-bond acceptors (Lipinski definition) is 4. The largest absolute Gasteiger partial charge is 0.493 e. The third-order valence-corrected chi connectivity index (χ3v) is 5.97. The highest BCUT2D eigenvalue weighted by Crippen LogP contribution is 2.31. The predicted octanol–water partition coefficient (Wildman–Crippen LogP) is 6.96. The molecular weight excluding hydrogens is 548 g/mol. The number of aryl methyl sites for hydroxylation is 2. The molecule has 7 heteroatoms. The number of anilines is 1.